The minimum absolute atomic E-state index is 0.741. The van der Waals surface area contributed by atoms with Gasteiger partial charge in [0.05, 0.1) is 0 Å². The number of benzene rings is 1. The van der Waals surface area contributed by atoms with Crippen LogP contribution in [0.4, 0.5) is 0 Å². The SMILES string of the molecule is CCNCCCc1nnc(CCc2cccc(C)c2)o1. The van der Waals surface area contributed by atoms with Crippen LogP contribution in [0.25, 0.3) is 0 Å². The van der Waals surface area contributed by atoms with E-state index in [-0.39, 0.29) is 0 Å². The highest BCUT2D eigenvalue weighted by Crippen LogP contribution is 2.09. The Hall–Kier alpha value is -1.68. The lowest BCUT2D eigenvalue weighted by atomic mass is 10.1. The third-order valence-corrected chi connectivity index (χ3v) is 3.21. The molecule has 0 atom stereocenters. The Morgan fingerprint density at radius 1 is 1.10 bits per heavy atom. The summed E-state index contributed by atoms with van der Waals surface area (Å²) in [4.78, 5) is 0. The van der Waals surface area contributed by atoms with Crippen molar-refractivity contribution in [3.63, 3.8) is 0 Å². The Balaban J connectivity index is 1.78. The number of hydrogen-bond donors (Lipinski definition) is 1. The predicted molar refractivity (Wildman–Crippen MR) is 79.7 cm³/mol. The minimum atomic E-state index is 0.741. The summed E-state index contributed by atoms with van der Waals surface area (Å²) in [5, 5.41) is 11.5. The van der Waals surface area contributed by atoms with Gasteiger partial charge in [0.15, 0.2) is 0 Å². The van der Waals surface area contributed by atoms with Crippen molar-refractivity contribution in [1.82, 2.24) is 15.5 Å². The molecule has 0 fully saturated rings. The van der Waals surface area contributed by atoms with Crippen molar-refractivity contribution < 1.29 is 4.42 Å². The van der Waals surface area contributed by atoms with Crippen molar-refractivity contribution in [1.29, 1.82) is 0 Å². The van der Waals surface area contributed by atoms with E-state index >= 15 is 0 Å². The quantitative estimate of drug-likeness (QED) is 0.751. The summed E-state index contributed by atoms with van der Waals surface area (Å²) in [6.45, 7) is 6.22. The van der Waals surface area contributed by atoms with Gasteiger partial charge in [-0.3, -0.25) is 0 Å². The molecule has 0 aliphatic carbocycles. The third kappa shape index (κ3) is 4.78. The van der Waals surface area contributed by atoms with E-state index in [4.69, 9.17) is 4.42 Å². The summed E-state index contributed by atoms with van der Waals surface area (Å²) in [7, 11) is 0. The van der Waals surface area contributed by atoms with Gasteiger partial charge in [0.25, 0.3) is 0 Å². The molecule has 2 rings (SSSR count). The molecule has 0 aliphatic rings. The van der Waals surface area contributed by atoms with Crippen molar-refractivity contribution >= 4 is 0 Å². The molecule has 1 heterocycles. The highest BCUT2D eigenvalue weighted by atomic mass is 16.4. The maximum Gasteiger partial charge on any atom is 0.216 e. The van der Waals surface area contributed by atoms with Crippen LogP contribution in [-0.4, -0.2) is 23.3 Å². The van der Waals surface area contributed by atoms with Gasteiger partial charge in [-0.15, -0.1) is 10.2 Å². The molecule has 20 heavy (non-hydrogen) atoms. The zero-order valence-corrected chi connectivity index (χ0v) is 12.4. The summed E-state index contributed by atoms with van der Waals surface area (Å²) in [6, 6.07) is 8.54. The lowest BCUT2D eigenvalue weighted by Crippen LogP contribution is -2.14. The molecule has 0 saturated heterocycles. The van der Waals surface area contributed by atoms with Crippen molar-refractivity contribution in [3.8, 4) is 0 Å². The van der Waals surface area contributed by atoms with E-state index in [1.807, 2.05) is 0 Å². The first-order valence-electron chi connectivity index (χ1n) is 7.35. The fraction of sp³-hybridized carbons (Fsp3) is 0.500. The highest BCUT2D eigenvalue weighted by molar-refractivity contribution is 5.22. The summed E-state index contributed by atoms with van der Waals surface area (Å²) in [6.07, 6.45) is 3.64. The normalized spacial score (nSPS) is 10.9. The molecule has 4 heteroatoms. The molecule has 1 aromatic heterocycles. The maximum atomic E-state index is 5.67. The lowest BCUT2D eigenvalue weighted by Gasteiger charge is -2.00. The monoisotopic (exact) mass is 273 g/mol. The number of aromatic nitrogens is 2. The van der Waals surface area contributed by atoms with Crippen molar-refractivity contribution in [2.45, 2.75) is 39.5 Å². The van der Waals surface area contributed by atoms with Crippen LogP contribution in [0, 0.1) is 6.92 Å². The topological polar surface area (TPSA) is 51.0 Å². The van der Waals surface area contributed by atoms with Crippen LogP contribution in [0.15, 0.2) is 28.7 Å². The first kappa shape index (κ1) is 14.7. The van der Waals surface area contributed by atoms with Crippen LogP contribution in [0.1, 0.15) is 36.3 Å². The van der Waals surface area contributed by atoms with Gasteiger partial charge in [0, 0.05) is 12.8 Å². The Morgan fingerprint density at radius 3 is 2.65 bits per heavy atom. The molecule has 0 unspecified atom stereocenters. The van der Waals surface area contributed by atoms with Crippen LogP contribution >= 0.6 is 0 Å². The zero-order valence-electron chi connectivity index (χ0n) is 12.4. The van der Waals surface area contributed by atoms with Crippen molar-refractivity contribution in [2.24, 2.45) is 0 Å². The average Bonchev–Trinajstić information content (AvgIpc) is 2.89. The zero-order chi connectivity index (χ0) is 14.2. The van der Waals surface area contributed by atoms with E-state index in [2.05, 4.69) is 53.6 Å². The minimum Gasteiger partial charge on any atom is -0.425 e. The molecule has 0 bridgehead atoms. The van der Waals surface area contributed by atoms with Crippen LogP contribution < -0.4 is 5.32 Å². The van der Waals surface area contributed by atoms with Gasteiger partial charge in [0.2, 0.25) is 11.8 Å². The van der Waals surface area contributed by atoms with E-state index in [1.165, 1.54) is 11.1 Å². The summed E-state index contributed by atoms with van der Waals surface area (Å²) in [5.74, 6) is 1.49. The van der Waals surface area contributed by atoms with Crippen molar-refractivity contribution in [3.05, 3.63) is 47.2 Å². The molecule has 108 valence electrons. The molecular weight excluding hydrogens is 250 g/mol. The van der Waals surface area contributed by atoms with Gasteiger partial charge in [-0.05, 0) is 38.4 Å². The third-order valence-electron chi connectivity index (χ3n) is 3.21. The molecule has 1 aromatic carbocycles. The second-order valence-electron chi connectivity index (χ2n) is 5.04. The summed E-state index contributed by atoms with van der Waals surface area (Å²) < 4.78 is 5.67. The predicted octanol–water partition coefficient (Wildman–Crippen LogP) is 2.71. The Morgan fingerprint density at radius 2 is 1.90 bits per heavy atom. The van der Waals surface area contributed by atoms with E-state index < -0.39 is 0 Å². The Kier molecular flexibility index (Phi) is 5.74. The first-order valence-corrected chi connectivity index (χ1v) is 7.35. The molecule has 1 N–H and O–H groups in total. The van der Waals surface area contributed by atoms with Crippen LogP contribution in [-0.2, 0) is 19.3 Å². The molecular formula is C16H23N3O. The first-order chi connectivity index (χ1) is 9.78. The molecule has 0 saturated carbocycles. The molecule has 4 nitrogen and oxygen atoms in total. The van der Waals surface area contributed by atoms with E-state index in [1.54, 1.807) is 0 Å². The second kappa shape index (κ2) is 7.80. The molecule has 0 amide bonds. The van der Waals surface area contributed by atoms with Gasteiger partial charge < -0.3 is 9.73 Å². The standard InChI is InChI=1S/C16H23N3O/c1-3-17-11-5-8-15-18-19-16(20-15)10-9-14-7-4-6-13(2)12-14/h4,6-7,12,17H,3,5,8-11H2,1-2H3. The van der Waals surface area contributed by atoms with Gasteiger partial charge in [-0.1, -0.05) is 36.8 Å². The number of aryl methyl sites for hydroxylation is 4. The number of rotatable bonds is 8. The Labute approximate surface area is 120 Å². The van der Waals surface area contributed by atoms with Crippen LogP contribution in [0.3, 0.4) is 0 Å². The molecule has 0 radical (unpaired) electrons. The number of nitrogens with one attached hydrogen (secondary N) is 1. The highest BCUT2D eigenvalue weighted by Gasteiger charge is 2.06. The van der Waals surface area contributed by atoms with Crippen molar-refractivity contribution in [2.75, 3.05) is 13.1 Å². The van der Waals surface area contributed by atoms with E-state index in [9.17, 15) is 0 Å². The van der Waals surface area contributed by atoms with Gasteiger partial charge in [-0.2, -0.15) is 0 Å². The second-order valence-corrected chi connectivity index (χ2v) is 5.04. The number of hydrogen-bond acceptors (Lipinski definition) is 4. The van der Waals surface area contributed by atoms with E-state index in [0.717, 1.165) is 50.6 Å². The van der Waals surface area contributed by atoms with Gasteiger partial charge >= 0.3 is 0 Å². The Bertz CT molecular complexity index is 522. The van der Waals surface area contributed by atoms with Crippen LogP contribution in [0.2, 0.25) is 0 Å². The lowest BCUT2D eigenvalue weighted by molar-refractivity contribution is 0.441. The molecule has 0 aliphatic heterocycles. The largest absolute Gasteiger partial charge is 0.425 e. The van der Waals surface area contributed by atoms with Gasteiger partial charge in [0.1, 0.15) is 0 Å². The fourth-order valence-electron chi connectivity index (χ4n) is 2.15. The van der Waals surface area contributed by atoms with E-state index in [0.29, 0.717) is 0 Å². The maximum absolute atomic E-state index is 5.67. The number of nitrogens with zero attached hydrogens (tertiary/aromatic N) is 2. The average molecular weight is 273 g/mol. The summed E-state index contributed by atoms with van der Waals surface area (Å²) >= 11 is 0. The molecule has 2 aromatic rings. The van der Waals surface area contributed by atoms with Gasteiger partial charge in [-0.25, -0.2) is 0 Å². The summed E-state index contributed by atoms with van der Waals surface area (Å²) in [5.41, 5.74) is 2.61. The fourth-order valence-corrected chi connectivity index (χ4v) is 2.15. The van der Waals surface area contributed by atoms with Crippen LogP contribution in [0.5, 0.6) is 0 Å². The smallest absolute Gasteiger partial charge is 0.216 e. The molecule has 0 spiro atoms.